The van der Waals surface area contributed by atoms with Crippen molar-refractivity contribution in [3.63, 3.8) is 0 Å². The van der Waals surface area contributed by atoms with Gasteiger partial charge in [0.05, 0.1) is 6.42 Å². The number of nitrogens with one attached hydrogen (secondary N) is 3. The number of aryl methyl sites for hydroxylation is 1. The predicted molar refractivity (Wildman–Crippen MR) is 74.6 cm³/mol. The van der Waals surface area contributed by atoms with Crippen molar-refractivity contribution in [2.75, 3.05) is 13.1 Å². The second-order valence-electron chi connectivity index (χ2n) is 5.57. The van der Waals surface area contributed by atoms with Gasteiger partial charge in [0.25, 0.3) is 0 Å². The second-order valence-corrected chi connectivity index (χ2v) is 5.57. The first kappa shape index (κ1) is 15.3. The molecule has 0 aromatic carbocycles. The molecule has 0 aliphatic heterocycles. The number of carboxylic acid groups (broad SMARTS) is 1. The summed E-state index contributed by atoms with van der Waals surface area (Å²) in [6.07, 6.45) is 5.84. The zero-order valence-electron chi connectivity index (χ0n) is 11.9. The largest absolute Gasteiger partial charge is 0.481 e. The average Bonchev–Trinajstić information content (AvgIpc) is 2.90. The van der Waals surface area contributed by atoms with Crippen LogP contribution in [0.4, 0.5) is 4.79 Å². The van der Waals surface area contributed by atoms with Crippen molar-refractivity contribution in [2.45, 2.75) is 38.5 Å². The van der Waals surface area contributed by atoms with E-state index in [-0.39, 0.29) is 17.9 Å². The Morgan fingerprint density at radius 2 is 2.19 bits per heavy atom. The third kappa shape index (κ3) is 4.73. The van der Waals surface area contributed by atoms with E-state index in [4.69, 9.17) is 5.11 Å². The highest BCUT2D eigenvalue weighted by Crippen LogP contribution is 2.43. The molecule has 21 heavy (non-hydrogen) atoms. The molecule has 1 aliphatic carbocycles. The summed E-state index contributed by atoms with van der Waals surface area (Å²) in [6, 6.07) is -0.246. The number of urea groups is 1. The Balaban J connectivity index is 1.59. The van der Waals surface area contributed by atoms with E-state index in [0.29, 0.717) is 13.1 Å². The van der Waals surface area contributed by atoms with Crippen LogP contribution in [-0.2, 0) is 11.2 Å². The summed E-state index contributed by atoms with van der Waals surface area (Å²) >= 11 is 0. The van der Waals surface area contributed by atoms with Crippen molar-refractivity contribution in [1.82, 2.24) is 25.8 Å². The summed E-state index contributed by atoms with van der Waals surface area (Å²) in [4.78, 5) is 26.5. The van der Waals surface area contributed by atoms with E-state index in [9.17, 15) is 9.59 Å². The number of hydrogen-bond acceptors (Lipinski definition) is 4. The van der Waals surface area contributed by atoms with Gasteiger partial charge in [-0.1, -0.05) is 6.42 Å². The minimum absolute atomic E-state index is 0.124. The molecule has 1 aromatic heterocycles. The van der Waals surface area contributed by atoms with E-state index in [1.807, 2.05) is 0 Å². The van der Waals surface area contributed by atoms with Crippen molar-refractivity contribution >= 4 is 12.0 Å². The van der Waals surface area contributed by atoms with Crippen molar-refractivity contribution in [3.8, 4) is 0 Å². The number of amides is 2. The molecule has 8 heteroatoms. The standard InChI is InChI=1S/C13H21N5O3/c19-11(20)7-13(4-2-5-13)8-15-12(21)14-6-1-3-10-16-9-17-18-10/h9H,1-8H2,(H,19,20)(H2,14,15,21)(H,16,17,18). The van der Waals surface area contributed by atoms with Crippen molar-refractivity contribution < 1.29 is 14.7 Å². The summed E-state index contributed by atoms with van der Waals surface area (Å²) in [5.41, 5.74) is -0.247. The SMILES string of the molecule is O=C(O)CC1(CNC(=O)NCCCc2ncn[nH]2)CCC1. The molecule has 0 spiro atoms. The van der Waals surface area contributed by atoms with Crippen LogP contribution in [0.1, 0.15) is 37.9 Å². The topological polar surface area (TPSA) is 120 Å². The third-order valence-corrected chi connectivity index (χ3v) is 3.91. The van der Waals surface area contributed by atoms with Crippen LogP contribution in [0.25, 0.3) is 0 Å². The molecule has 0 unspecified atom stereocenters. The highest BCUT2D eigenvalue weighted by Gasteiger charge is 2.39. The number of rotatable bonds is 8. The monoisotopic (exact) mass is 295 g/mol. The Bertz CT molecular complexity index is 470. The number of H-pyrrole nitrogens is 1. The number of carboxylic acids is 1. The van der Waals surface area contributed by atoms with Crippen LogP contribution in [0.3, 0.4) is 0 Å². The van der Waals surface area contributed by atoms with Gasteiger partial charge in [0.2, 0.25) is 0 Å². The minimum Gasteiger partial charge on any atom is -0.481 e. The fraction of sp³-hybridized carbons (Fsp3) is 0.692. The molecule has 2 rings (SSSR count). The van der Waals surface area contributed by atoms with Gasteiger partial charge in [-0.05, 0) is 24.7 Å². The summed E-state index contributed by atoms with van der Waals surface area (Å²) in [6.45, 7) is 0.964. The van der Waals surface area contributed by atoms with Gasteiger partial charge in [0, 0.05) is 19.5 Å². The normalized spacial score (nSPS) is 16.0. The fourth-order valence-electron chi connectivity index (χ4n) is 2.55. The van der Waals surface area contributed by atoms with E-state index < -0.39 is 5.97 Å². The van der Waals surface area contributed by atoms with Crippen LogP contribution in [0, 0.1) is 5.41 Å². The van der Waals surface area contributed by atoms with E-state index in [0.717, 1.165) is 37.9 Å². The summed E-state index contributed by atoms with van der Waals surface area (Å²) in [5, 5.41) is 20.9. The zero-order valence-corrected chi connectivity index (χ0v) is 11.9. The molecule has 0 radical (unpaired) electrons. The van der Waals surface area contributed by atoms with E-state index in [2.05, 4.69) is 25.8 Å². The predicted octanol–water partition coefficient (Wildman–Crippen LogP) is 0.681. The first-order valence-electron chi connectivity index (χ1n) is 7.17. The van der Waals surface area contributed by atoms with Crippen LogP contribution in [-0.4, -0.2) is 45.4 Å². The molecule has 1 aromatic rings. The highest BCUT2D eigenvalue weighted by molar-refractivity contribution is 5.74. The average molecular weight is 295 g/mol. The summed E-state index contributed by atoms with van der Waals surface area (Å²) in [7, 11) is 0. The highest BCUT2D eigenvalue weighted by atomic mass is 16.4. The van der Waals surface area contributed by atoms with Crippen LogP contribution in [0.15, 0.2) is 6.33 Å². The van der Waals surface area contributed by atoms with Gasteiger partial charge in [0.15, 0.2) is 0 Å². The van der Waals surface area contributed by atoms with Gasteiger partial charge in [-0.25, -0.2) is 9.78 Å². The maximum Gasteiger partial charge on any atom is 0.314 e. The number of carbonyl (C=O) groups is 2. The first-order chi connectivity index (χ1) is 10.1. The smallest absolute Gasteiger partial charge is 0.314 e. The van der Waals surface area contributed by atoms with Crippen LogP contribution < -0.4 is 10.6 Å². The molecule has 1 saturated carbocycles. The lowest BCUT2D eigenvalue weighted by Crippen LogP contribution is -2.46. The lowest BCUT2D eigenvalue weighted by atomic mass is 9.66. The number of carbonyl (C=O) groups excluding carboxylic acids is 1. The number of aromatic amines is 1. The number of aliphatic carboxylic acids is 1. The van der Waals surface area contributed by atoms with Crippen LogP contribution in [0.2, 0.25) is 0 Å². The third-order valence-electron chi connectivity index (χ3n) is 3.91. The van der Waals surface area contributed by atoms with Gasteiger partial charge in [-0.15, -0.1) is 0 Å². The molecule has 0 atom stereocenters. The lowest BCUT2D eigenvalue weighted by Gasteiger charge is -2.40. The number of aromatic nitrogens is 3. The fourth-order valence-corrected chi connectivity index (χ4v) is 2.55. The van der Waals surface area contributed by atoms with Gasteiger partial charge >= 0.3 is 12.0 Å². The molecule has 0 saturated heterocycles. The van der Waals surface area contributed by atoms with Gasteiger partial charge in [-0.3, -0.25) is 9.89 Å². The molecule has 116 valence electrons. The molecule has 1 heterocycles. The Kier molecular flexibility index (Phi) is 5.13. The quantitative estimate of drug-likeness (QED) is 0.526. The van der Waals surface area contributed by atoms with Crippen molar-refractivity contribution in [3.05, 3.63) is 12.2 Å². The van der Waals surface area contributed by atoms with Gasteiger partial charge < -0.3 is 15.7 Å². The van der Waals surface area contributed by atoms with Crippen molar-refractivity contribution in [2.24, 2.45) is 5.41 Å². The van der Waals surface area contributed by atoms with E-state index in [1.54, 1.807) is 0 Å². The maximum atomic E-state index is 11.7. The van der Waals surface area contributed by atoms with Crippen molar-refractivity contribution in [1.29, 1.82) is 0 Å². The Morgan fingerprint density at radius 1 is 1.38 bits per heavy atom. The molecule has 1 fully saturated rings. The van der Waals surface area contributed by atoms with E-state index in [1.165, 1.54) is 6.33 Å². The molecule has 2 amide bonds. The zero-order chi connectivity index (χ0) is 15.1. The molecule has 8 nitrogen and oxygen atoms in total. The number of hydrogen-bond donors (Lipinski definition) is 4. The molecule has 0 bridgehead atoms. The van der Waals surface area contributed by atoms with E-state index >= 15 is 0 Å². The van der Waals surface area contributed by atoms with Crippen LogP contribution >= 0.6 is 0 Å². The Morgan fingerprint density at radius 3 is 2.76 bits per heavy atom. The Labute approximate surface area is 122 Å². The molecule has 1 aliphatic rings. The molecular formula is C13H21N5O3. The minimum atomic E-state index is -0.802. The van der Waals surface area contributed by atoms with Gasteiger partial charge in [0.1, 0.15) is 12.2 Å². The first-order valence-corrected chi connectivity index (χ1v) is 7.17. The summed E-state index contributed by atoms with van der Waals surface area (Å²) < 4.78 is 0. The summed E-state index contributed by atoms with van der Waals surface area (Å²) in [5.74, 6) is -0.00365. The van der Waals surface area contributed by atoms with Gasteiger partial charge in [-0.2, -0.15) is 5.10 Å². The lowest BCUT2D eigenvalue weighted by molar-refractivity contribution is -0.141. The molecule has 4 N–H and O–H groups in total. The second kappa shape index (κ2) is 7.05. The molecular weight excluding hydrogens is 274 g/mol. The number of nitrogens with zero attached hydrogens (tertiary/aromatic N) is 2. The Hall–Kier alpha value is -2.12. The maximum absolute atomic E-state index is 11.7. The van der Waals surface area contributed by atoms with Crippen LogP contribution in [0.5, 0.6) is 0 Å².